The van der Waals surface area contributed by atoms with Crippen molar-refractivity contribution in [2.45, 2.75) is 64.7 Å². The molecule has 0 heterocycles. The lowest BCUT2D eigenvalue weighted by Crippen LogP contribution is -1.89. The molecule has 1 aromatic carbocycles. The lowest BCUT2D eigenvalue weighted by atomic mass is 10.0. The summed E-state index contributed by atoms with van der Waals surface area (Å²) < 4.78 is 0. The van der Waals surface area contributed by atoms with Crippen LogP contribution in [-0.2, 0) is 6.42 Å². The first-order valence-electron chi connectivity index (χ1n) is 7.24. The van der Waals surface area contributed by atoms with Gasteiger partial charge in [-0.1, -0.05) is 76.1 Å². The third-order valence-corrected chi connectivity index (χ3v) is 3.42. The standard InChI is InChI=1S/C17H27/c1-3-4-5-6-7-8-9-10-14-17-15-12-11-13-16(17)2/h11-13,15H,2-10,14H2,1H3. The maximum Gasteiger partial charge on any atom is -0.0235 e. The monoisotopic (exact) mass is 231 g/mol. The Bertz CT molecular complexity index is 288. The third-order valence-electron chi connectivity index (χ3n) is 3.42. The molecule has 1 aromatic rings. The second kappa shape index (κ2) is 9.27. The van der Waals surface area contributed by atoms with Gasteiger partial charge in [-0.25, -0.2) is 0 Å². The molecule has 0 saturated carbocycles. The van der Waals surface area contributed by atoms with Crippen LogP contribution in [0.3, 0.4) is 0 Å². The van der Waals surface area contributed by atoms with Crippen LogP contribution < -0.4 is 0 Å². The van der Waals surface area contributed by atoms with E-state index in [2.05, 4.69) is 38.1 Å². The highest BCUT2D eigenvalue weighted by atomic mass is 14.0. The number of rotatable bonds is 9. The number of benzene rings is 1. The van der Waals surface area contributed by atoms with Crippen LogP contribution >= 0.6 is 0 Å². The number of aryl methyl sites for hydroxylation is 1. The molecular formula is C17H27. The fraction of sp³-hybridized carbons (Fsp3) is 0.588. The Morgan fingerprint density at radius 1 is 0.824 bits per heavy atom. The first-order valence-corrected chi connectivity index (χ1v) is 7.24. The Morgan fingerprint density at radius 2 is 1.41 bits per heavy atom. The largest absolute Gasteiger partial charge is 0.0654 e. The van der Waals surface area contributed by atoms with Crippen molar-refractivity contribution in [1.82, 2.24) is 0 Å². The molecule has 0 unspecified atom stereocenters. The van der Waals surface area contributed by atoms with Gasteiger partial charge in [-0.2, -0.15) is 0 Å². The van der Waals surface area contributed by atoms with Crippen molar-refractivity contribution in [1.29, 1.82) is 0 Å². The van der Waals surface area contributed by atoms with E-state index in [9.17, 15) is 0 Å². The van der Waals surface area contributed by atoms with Gasteiger partial charge in [0.05, 0.1) is 0 Å². The Labute approximate surface area is 107 Å². The molecule has 0 aromatic heterocycles. The summed E-state index contributed by atoms with van der Waals surface area (Å²) in [7, 11) is 0. The summed E-state index contributed by atoms with van der Waals surface area (Å²) in [5.41, 5.74) is 2.63. The van der Waals surface area contributed by atoms with Gasteiger partial charge in [0.15, 0.2) is 0 Å². The lowest BCUT2D eigenvalue weighted by Gasteiger charge is -2.05. The number of hydrogen-bond acceptors (Lipinski definition) is 0. The molecule has 0 aliphatic heterocycles. The predicted molar refractivity (Wildman–Crippen MR) is 77.2 cm³/mol. The van der Waals surface area contributed by atoms with E-state index in [0.717, 1.165) is 0 Å². The molecule has 95 valence electrons. The average Bonchev–Trinajstić information content (AvgIpc) is 2.35. The van der Waals surface area contributed by atoms with Crippen molar-refractivity contribution in [3.05, 3.63) is 42.3 Å². The van der Waals surface area contributed by atoms with E-state index in [1.165, 1.54) is 68.9 Å². The van der Waals surface area contributed by atoms with Crippen molar-refractivity contribution in [3.8, 4) is 0 Å². The molecule has 0 saturated heterocycles. The van der Waals surface area contributed by atoms with Gasteiger partial charge >= 0.3 is 0 Å². The molecule has 17 heavy (non-hydrogen) atoms. The van der Waals surface area contributed by atoms with E-state index < -0.39 is 0 Å². The van der Waals surface area contributed by atoms with Crippen LogP contribution in [0.2, 0.25) is 0 Å². The van der Waals surface area contributed by atoms with Crippen LogP contribution in [0.25, 0.3) is 0 Å². The molecule has 1 rings (SSSR count). The normalized spacial score (nSPS) is 10.7. The zero-order valence-corrected chi connectivity index (χ0v) is 11.4. The molecule has 0 nitrogen and oxygen atoms in total. The molecule has 0 heteroatoms. The van der Waals surface area contributed by atoms with Crippen LogP contribution in [0, 0.1) is 6.92 Å². The molecule has 0 bridgehead atoms. The first kappa shape index (κ1) is 14.3. The molecule has 0 atom stereocenters. The highest BCUT2D eigenvalue weighted by molar-refractivity contribution is 5.29. The fourth-order valence-corrected chi connectivity index (χ4v) is 2.25. The van der Waals surface area contributed by atoms with Crippen LogP contribution in [0.15, 0.2) is 24.3 Å². The molecule has 0 fully saturated rings. The molecular weight excluding hydrogens is 204 g/mol. The quantitative estimate of drug-likeness (QED) is 0.489. The van der Waals surface area contributed by atoms with E-state index in [1.54, 1.807) is 0 Å². The van der Waals surface area contributed by atoms with Gasteiger partial charge in [0.25, 0.3) is 0 Å². The highest BCUT2D eigenvalue weighted by Gasteiger charge is 1.97. The van der Waals surface area contributed by atoms with E-state index in [1.807, 2.05) is 0 Å². The van der Waals surface area contributed by atoms with Crippen molar-refractivity contribution >= 4 is 0 Å². The van der Waals surface area contributed by atoms with E-state index in [0.29, 0.717) is 0 Å². The van der Waals surface area contributed by atoms with Crippen molar-refractivity contribution < 1.29 is 0 Å². The van der Waals surface area contributed by atoms with Crippen molar-refractivity contribution in [2.75, 3.05) is 0 Å². The van der Waals surface area contributed by atoms with Crippen LogP contribution in [-0.4, -0.2) is 0 Å². The summed E-state index contributed by atoms with van der Waals surface area (Å²) >= 11 is 0. The molecule has 0 N–H and O–H groups in total. The summed E-state index contributed by atoms with van der Waals surface area (Å²) in [5, 5.41) is 0. The molecule has 0 spiro atoms. The number of unbranched alkanes of at least 4 members (excludes halogenated alkanes) is 7. The van der Waals surface area contributed by atoms with Gasteiger partial charge in [-0.05, 0) is 30.9 Å². The minimum atomic E-state index is 1.20. The summed E-state index contributed by atoms with van der Waals surface area (Å²) in [6.45, 7) is 6.34. The Kier molecular flexibility index (Phi) is 7.79. The van der Waals surface area contributed by atoms with Crippen LogP contribution in [0.4, 0.5) is 0 Å². The van der Waals surface area contributed by atoms with Gasteiger partial charge in [0.1, 0.15) is 0 Å². The Balaban J connectivity index is 1.99. The zero-order valence-electron chi connectivity index (χ0n) is 11.4. The Morgan fingerprint density at radius 3 is 2.06 bits per heavy atom. The SMILES string of the molecule is [CH2]c1ccccc1CCCCCCCCCC. The van der Waals surface area contributed by atoms with Gasteiger partial charge in [0.2, 0.25) is 0 Å². The predicted octanol–water partition coefficient (Wildman–Crippen LogP) is 5.55. The van der Waals surface area contributed by atoms with Crippen molar-refractivity contribution in [2.24, 2.45) is 0 Å². The summed E-state index contributed by atoms with van der Waals surface area (Å²) in [6.07, 6.45) is 12.3. The smallest absolute Gasteiger partial charge is 0.0235 e. The maximum absolute atomic E-state index is 4.07. The molecule has 0 aliphatic rings. The summed E-state index contributed by atoms with van der Waals surface area (Å²) in [4.78, 5) is 0. The van der Waals surface area contributed by atoms with Gasteiger partial charge in [0, 0.05) is 0 Å². The Hall–Kier alpha value is -0.780. The topological polar surface area (TPSA) is 0 Å². The zero-order chi connectivity index (χ0) is 12.3. The minimum absolute atomic E-state index is 1.20. The van der Waals surface area contributed by atoms with Gasteiger partial charge in [-0.3, -0.25) is 0 Å². The van der Waals surface area contributed by atoms with Crippen LogP contribution in [0.1, 0.15) is 69.4 Å². The summed E-state index contributed by atoms with van der Waals surface area (Å²) in [6, 6.07) is 8.51. The lowest BCUT2D eigenvalue weighted by molar-refractivity contribution is 0.575. The first-order chi connectivity index (χ1) is 8.34. The fourth-order valence-electron chi connectivity index (χ4n) is 2.25. The highest BCUT2D eigenvalue weighted by Crippen LogP contribution is 2.13. The van der Waals surface area contributed by atoms with Gasteiger partial charge in [-0.15, -0.1) is 0 Å². The number of hydrogen-bond donors (Lipinski definition) is 0. The molecule has 1 radical (unpaired) electrons. The van der Waals surface area contributed by atoms with E-state index >= 15 is 0 Å². The van der Waals surface area contributed by atoms with Crippen LogP contribution in [0.5, 0.6) is 0 Å². The maximum atomic E-state index is 4.07. The van der Waals surface area contributed by atoms with E-state index in [4.69, 9.17) is 0 Å². The second-order valence-corrected chi connectivity index (χ2v) is 4.99. The van der Waals surface area contributed by atoms with Gasteiger partial charge < -0.3 is 0 Å². The third kappa shape index (κ3) is 6.51. The second-order valence-electron chi connectivity index (χ2n) is 4.99. The molecule has 0 amide bonds. The summed E-state index contributed by atoms with van der Waals surface area (Å²) in [5.74, 6) is 0. The average molecular weight is 231 g/mol. The van der Waals surface area contributed by atoms with Crippen molar-refractivity contribution in [3.63, 3.8) is 0 Å². The minimum Gasteiger partial charge on any atom is -0.0654 e. The van der Waals surface area contributed by atoms with E-state index in [-0.39, 0.29) is 0 Å². The molecule has 0 aliphatic carbocycles.